The zero-order valence-corrected chi connectivity index (χ0v) is 12.7. The lowest BCUT2D eigenvalue weighted by molar-refractivity contribution is 0.100. The fraction of sp³-hybridized carbons (Fsp3) is 0.167. The summed E-state index contributed by atoms with van der Waals surface area (Å²) in [5, 5.41) is 2.06. The minimum absolute atomic E-state index is 0.294. The van der Waals surface area contributed by atoms with E-state index in [1.807, 2.05) is 18.0 Å². The smallest absolute Gasteiger partial charge is 0.250 e. The Morgan fingerprint density at radius 2 is 2.26 bits per heavy atom. The van der Waals surface area contributed by atoms with Gasteiger partial charge in [0.15, 0.2) is 0 Å². The number of carbonyl (C=O) groups is 1. The van der Waals surface area contributed by atoms with Gasteiger partial charge in [0.25, 0.3) is 5.91 Å². The molecule has 0 aliphatic carbocycles. The molecule has 0 fully saturated rings. The molecule has 0 aliphatic heterocycles. The SMILES string of the molecule is CN(Cc1csc(Br)c1)c1cc(C(N)=O)c(N)cn1. The number of amides is 1. The topological polar surface area (TPSA) is 85.2 Å². The summed E-state index contributed by atoms with van der Waals surface area (Å²) in [5.41, 5.74) is 12.7. The van der Waals surface area contributed by atoms with Gasteiger partial charge in [-0.25, -0.2) is 4.98 Å². The van der Waals surface area contributed by atoms with Gasteiger partial charge in [-0.05, 0) is 39.0 Å². The number of nitrogens with zero attached hydrogens (tertiary/aromatic N) is 2. The van der Waals surface area contributed by atoms with Gasteiger partial charge in [-0.1, -0.05) is 0 Å². The number of anilines is 2. The number of primary amides is 1. The van der Waals surface area contributed by atoms with Crippen LogP contribution >= 0.6 is 27.3 Å². The highest BCUT2D eigenvalue weighted by atomic mass is 79.9. The summed E-state index contributed by atoms with van der Waals surface area (Å²) in [7, 11) is 1.90. The third-order valence-corrected chi connectivity index (χ3v) is 4.17. The largest absolute Gasteiger partial charge is 0.397 e. The minimum atomic E-state index is -0.548. The summed E-state index contributed by atoms with van der Waals surface area (Å²) < 4.78 is 1.08. The number of rotatable bonds is 4. The van der Waals surface area contributed by atoms with Crippen molar-refractivity contribution in [2.45, 2.75) is 6.54 Å². The Kier molecular flexibility index (Phi) is 4.06. The lowest BCUT2D eigenvalue weighted by Crippen LogP contribution is -2.20. The Morgan fingerprint density at radius 3 is 2.84 bits per heavy atom. The summed E-state index contributed by atoms with van der Waals surface area (Å²) >= 11 is 5.05. The molecule has 2 aromatic heterocycles. The summed E-state index contributed by atoms with van der Waals surface area (Å²) in [5.74, 6) is 0.109. The molecule has 7 heteroatoms. The first-order valence-corrected chi connectivity index (χ1v) is 7.14. The van der Waals surface area contributed by atoms with Crippen molar-refractivity contribution in [2.24, 2.45) is 5.73 Å². The van der Waals surface area contributed by atoms with Crippen LogP contribution in [0.5, 0.6) is 0 Å². The third-order valence-electron chi connectivity index (χ3n) is 2.62. The number of aromatic nitrogens is 1. The van der Waals surface area contributed by atoms with Crippen molar-refractivity contribution >= 4 is 44.7 Å². The van der Waals surface area contributed by atoms with E-state index in [0.717, 1.165) is 3.79 Å². The Balaban J connectivity index is 2.21. The van der Waals surface area contributed by atoms with Gasteiger partial charge in [0.05, 0.1) is 21.2 Å². The van der Waals surface area contributed by atoms with Crippen LogP contribution in [0.1, 0.15) is 15.9 Å². The third kappa shape index (κ3) is 3.24. The van der Waals surface area contributed by atoms with Gasteiger partial charge in [-0.2, -0.15) is 0 Å². The van der Waals surface area contributed by atoms with Crippen molar-refractivity contribution < 1.29 is 4.79 Å². The van der Waals surface area contributed by atoms with Crippen molar-refractivity contribution in [3.63, 3.8) is 0 Å². The summed E-state index contributed by atoms with van der Waals surface area (Å²) in [6.45, 7) is 0.692. The first-order valence-electron chi connectivity index (χ1n) is 5.46. The molecule has 2 aromatic rings. The molecule has 0 atom stereocenters. The van der Waals surface area contributed by atoms with E-state index in [1.165, 1.54) is 11.8 Å². The maximum atomic E-state index is 11.2. The predicted octanol–water partition coefficient (Wildman–Crippen LogP) is 2.22. The molecule has 0 unspecified atom stereocenters. The summed E-state index contributed by atoms with van der Waals surface area (Å²) in [4.78, 5) is 17.4. The van der Waals surface area contributed by atoms with E-state index in [4.69, 9.17) is 11.5 Å². The van der Waals surface area contributed by atoms with Gasteiger partial charge in [-0.15, -0.1) is 11.3 Å². The van der Waals surface area contributed by atoms with Crippen molar-refractivity contribution in [1.82, 2.24) is 4.98 Å². The van der Waals surface area contributed by atoms with Crippen LogP contribution in [0.2, 0.25) is 0 Å². The first-order chi connectivity index (χ1) is 8.97. The van der Waals surface area contributed by atoms with Crippen LogP contribution in [0, 0.1) is 0 Å². The van der Waals surface area contributed by atoms with E-state index in [1.54, 1.807) is 17.4 Å². The Bertz CT molecular complexity index is 614. The fourth-order valence-electron chi connectivity index (χ4n) is 1.66. The number of nitrogen functional groups attached to an aromatic ring is 1. The minimum Gasteiger partial charge on any atom is -0.397 e. The highest BCUT2D eigenvalue weighted by molar-refractivity contribution is 9.11. The van der Waals surface area contributed by atoms with Crippen molar-refractivity contribution in [3.05, 3.63) is 38.6 Å². The Morgan fingerprint density at radius 1 is 1.53 bits per heavy atom. The van der Waals surface area contributed by atoms with Gasteiger partial charge in [0, 0.05) is 13.6 Å². The van der Waals surface area contributed by atoms with E-state index in [-0.39, 0.29) is 0 Å². The molecule has 2 heterocycles. The molecule has 2 rings (SSSR count). The van der Waals surface area contributed by atoms with E-state index in [2.05, 4.69) is 26.3 Å². The molecule has 1 amide bonds. The Hall–Kier alpha value is -1.60. The van der Waals surface area contributed by atoms with Crippen molar-refractivity contribution in [2.75, 3.05) is 17.7 Å². The average molecular weight is 341 g/mol. The lowest BCUT2D eigenvalue weighted by atomic mass is 10.2. The fourth-order valence-corrected chi connectivity index (χ4v) is 2.86. The predicted molar refractivity (Wildman–Crippen MR) is 81.3 cm³/mol. The van der Waals surface area contributed by atoms with Gasteiger partial charge >= 0.3 is 0 Å². The van der Waals surface area contributed by atoms with Crippen LogP contribution in [0.3, 0.4) is 0 Å². The standard InChI is InChI=1S/C12H13BrN4OS/c1-17(5-7-2-10(13)19-6-7)11-3-8(12(15)18)9(14)4-16-11/h2-4,6H,5,14H2,1H3,(H2,15,18). The monoisotopic (exact) mass is 340 g/mol. The first kappa shape index (κ1) is 13.8. The molecule has 4 N–H and O–H groups in total. The molecular weight excluding hydrogens is 328 g/mol. The molecule has 5 nitrogen and oxygen atoms in total. The average Bonchev–Trinajstić information content (AvgIpc) is 2.74. The van der Waals surface area contributed by atoms with Crippen LogP contribution in [-0.4, -0.2) is 17.9 Å². The number of thiophene rings is 1. The summed E-state index contributed by atoms with van der Waals surface area (Å²) in [6, 6.07) is 3.66. The highest BCUT2D eigenvalue weighted by Crippen LogP contribution is 2.23. The van der Waals surface area contributed by atoms with Crippen LogP contribution in [-0.2, 0) is 6.54 Å². The molecular formula is C12H13BrN4OS. The van der Waals surface area contributed by atoms with Gasteiger partial charge in [0.1, 0.15) is 5.82 Å². The normalized spacial score (nSPS) is 10.4. The molecule has 19 heavy (non-hydrogen) atoms. The van der Waals surface area contributed by atoms with E-state index in [9.17, 15) is 4.79 Å². The van der Waals surface area contributed by atoms with Crippen molar-refractivity contribution in [3.8, 4) is 0 Å². The van der Waals surface area contributed by atoms with E-state index >= 15 is 0 Å². The highest BCUT2D eigenvalue weighted by Gasteiger charge is 2.11. The van der Waals surface area contributed by atoms with Crippen molar-refractivity contribution in [1.29, 1.82) is 0 Å². The number of hydrogen-bond donors (Lipinski definition) is 2. The maximum absolute atomic E-state index is 11.2. The second-order valence-corrected chi connectivity index (χ2v) is 6.40. The molecule has 0 spiro atoms. The molecule has 0 bridgehead atoms. The number of halogens is 1. The van der Waals surface area contributed by atoms with Crippen LogP contribution in [0.25, 0.3) is 0 Å². The zero-order chi connectivity index (χ0) is 14.0. The van der Waals surface area contributed by atoms with Gasteiger partial charge in [-0.3, -0.25) is 4.79 Å². The van der Waals surface area contributed by atoms with Crippen LogP contribution < -0.4 is 16.4 Å². The quantitative estimate of drug-likeness (QED) is 0.893. The van der Waals surface area contributed by atoms with Crippen LogP contribution in [0.4, 0.5) is 11.5 Å². The van der Waals surface area contributed by atoms with Crippen LogP contribution in [0.15, 0.2) is 27.5 Å². The number of hydrogen-bond acceptors (Lipinski definition) is 5. The second kappa shape index (κ2) is 5.58. The molecule has 100 valence electrons. The lowest BCUT2D eigenvalue weighted by Gasteiger charge is -2.18. The second-order valence-electron chi connectivity index (χ2n) is 4.11. The number of carbonyl (C=O) groups excluding carboxylic acids is 1. The van der Waals surface area contributed by atoms with Gasteiger partial charge < -0.3 is 16.4 Å². The molecule has 0 aliphatic rings. The molecule has 0 saturated carbocycles. The molecule has 0 radical (unpaired) electrons. The van der Waals surface area contributed by atoms with Gasteiger partial charge in [0.2, 0.25) is 0 Å². The maximum Gasteiger partial charge on any atom is 0.250 e. The number of nitrogens with two attached hydrogens (primary N) is 2. The molecule has 0 aromatic carbocycles. The number of pyridine rings is 1. The van der Waals surface area contributed by atoms with E-state index in [0.29, 0.717) is 23.6 Å². The zero-order valence-electron chi connectivity index (χ0n) is 10.3. The van der Waals surface area contributed by atoms with E-state index < -0.39 is 5.91 Å². The Labute approximate surface area is 123 Å². The molecule has 0 saturated heterocycles. The summed E-state index contributed by atoms with van der Waals surface area (Å²) in [6.07, 6.45) is 1.45.